The minimum atomic E-state index is -1.74. The monoisotopic (exact) mass is 705 g/mol. The van der Waals surface area contributed by atoms with Crippen molar-refractivity contribution in [3.63, 3.8) is 0 Å². The lowest BCUT2D eigenvalue weighted by Gasteiger charge is -2.40. The van der Waals surface area contributed by atoms with Crippen molar-refractivity contribution in [1.82, 2.24) is 5.32 Å². The van der Waals surface area contributed by atoms with Crippen LogP contribution in [-0.2, 0) is 25.4 Å². The van der Waals surface area contributed by atoms with Gasteiger partial charge in [-0.25, -0.2) is 9.59 Å². The normalized spacial score (nSPS) is 22.1. The number of aliphatic hydroxyl groups excluding tert-OH is 3. The van der Waals surface area contributed by atoms with E-state index in [1.807, 2.05) is 6.07 Å². The van der Waals surface area contributed by atoms with Crippen LogP contribution in [-0.4, -0.2) is 89.6 Å². The Kier molecular flexibility index (Phi) is 10.5. The fourth-order valence-electron chi connectivity index (χ4n) is 5.64. The van der Waals surface area contributed by atoms with Crippen molar-refractivity contribution < 1.29 is 57.7 Å². The maximum absolute atomic E-state index is 13.4. The summed E-state index contributed by atoms with van der Waals surface area (Å²) in [5, 5.41) is 34.8. The molecular weight excluding hydrogens is 666 g/mol. The lowest BCUT2D eigenvalue weighted by Crippen LogP contribution is -2.60. The maximum Gasteiger partial charge on any atom is 0.408 e. The van der Waals surface area contributed by atoms with E-state index < -0.39 is 61.0 Å². The largest absolute Gasteiger partial charge is 0.486 e. The van der Waals surface area contributed by atoms with Gasteiger partial charge in [-0.2, -0.15) is 0 Å². The smallest absolute Gasteiger partial charge is 0.408 e. The van der Waals surface area contributed by atoms with Gasteiger partial charge in [-0.1, -0.05) is 36.4 Å². The highest BCUT2D eigenvalue weighted by Gasteiger charge is 2.46. The third kappa shape index (κ3) is 8.43. The second-order valence-electron chi connectivity index (χ2n) is 13.1. The molecule has 0 saturated carbocycles. The molecule has 4 N–H and O–H groups in total. The minimum absolute atomic E-state index is 0.0797. The van der Waals surface area contributed by atoms with E-state index >= 15 is 0 Å². The van der Waals surface area contributed by atoms with Crippen LogP contribution in [0.25, 0.3) is 22.1 Å². The Bertz CT molecular complexity index is 1920. The van der Waals surface area contributed by atoms with Gasteiger partial charge in [-0.15, -0.1) is 0 Å². The van der Waals surface area contributed by atoms with Gasteiger partial charge in [-0.3, -0.25) is 4.79 Å². The summed E-state index contributed by atoms with van der Waals surface area (Å²) in [5.41, 5.74) is 0.686. The highest BCUT2D eigenvalue weighted by atomic mass is 16.7. The van der Waals surface area contributed by atoms with Crippen LogP contribution in [0.4, 0.5) is 4.79 Å². The van der Waals surface area contributed by atoms with Crippen molar-refractivity contribution in [2.24, 2.45) is 0 Å². The van der Waals surface area contributed by atoms with Crippen LogP contribution in [0, 0.1) is 0 Å². The molecule has 270 valence electrons. The first-order valence-corrected chi connectivity index (χ1v) is 16.4. The van der Waals surface area contributed by atoms with Crippen LogP contribution in [0.2, 0.25) is 0 Å². The fraction of sp³-hybridized carbons (Fsp3) is 0.378. The van der Waals surface area contributed by atoms with Crippen LogP contribution in [0.15, 0.2) is 82.2 Å². The Hall–Kier alpha value is -5.15. The highest BCUT2D eigenvalue weighted by molar-refractivity contribution is 5.83. The van der Waals surface area contributed by atoms with Crippen LogP contribution < -0.4 is 25.0 Å². The zero-order chi connectivity index (χ0) is 36.3. The number of amides is 1. The third-order valence-electron chi connectivity index (χ3n) is 8.17. The molecule has 3 unspecified atom stereocenters. The van der Waals surface area contributed by atoms with Crippen LogP contribution in [0.5, 0.6) is 17.2 Å². The second kappa shape index (κ2) is 15.0. The zero-order valence-electron chi connectivity index (χ0n) is 28.1. The topological polar surface area (TPSA) is 192 Å². The molecular formula is C37H39NO13. The summed E-state index contributed by atoms with van der Waals surface area (Å²) in [4.78, 5) is 39.2. The molecule has 51 heavy (non-hydrogen) atoms. The van der Waals surface area contributed by atoms with Gasteiger partial charge < -0.3 is 53.5 Å². The molecule has 1 fully saturated rings. The number of esters is 1. The summed E-state index contributed by atoms with van der Waals surface area (Å²) < 4.78 is 39.3. The molecule has 1 amide bonds. The van der Waals surface area contributed by atoms with E-state index in [9.17, 15) is 29.7 Å². The molecule has 6 rings (SSSR count). The van der Waals surface area contributed by atoms with E-state index in [2.05, 4.69) is 5.32 Å². The number of aliphatic hydroxyl groups is 3. The molecule has 0 spiro atoms. The number of hydrogen-bond acceptors (Lipinski definition) is 13. The predicted molar refractivity (Wildman–Crippen MR) is 180 cm³/mol. The van der Waals surface area contributed by atoms with E-state index in [1.165, 1.54) is 24.5 Å². The fourth-order valence-corrected chi connectivity index (χ4v) is 5.64. The van der Waals surface area contributed by atoms with Gasteiger partial charge in [0.25, 0.3) is 0 Å². The quantitative estimate of drug-likeness (QED) is 0.186. The average molecular weight is 706 g/mol. The number of carbonyl (C=O) groups is 2. The van der Waals surface area contributed by atoms with Crippen molar-refractivity contribution in [3.8, 4) is 28.4 Å². The standard InChI is InChI=1S/C37H39NO13/c1-37(2,3)51-36(44)38-25(15-20-7-5-4-6-8-20)34(43)48-19-29-31(40)32(41)33(42)35(50-29)49-22-10-11-23-27(17-22)47-18-24(30(23)39)21-9-12-26-28(16-21)46-14-13-45-26/h4-12,16-18,25,29,31-33,35,40-42H,13-15,19H2,1-3H3,(H,38,44)/t25-,29?,31+,32?,33?,35-/m1/s1. The number of nitrogens with one attached hydrogen (secondary N) is 1. The zero-order valence-corrected chi connectivity index (χ0v) is 28.1. The molecule has 6 atom stereocenters. The number of benzene rings is 3. The van der Waals surface area contributed by atoms with Gasteiger partial charge in [0.05, 0.1) is 10.9 Å². The molecule has 1 aromatic heterocycles. The lowest BCUT2D eigenvalue weighted by molar-refractivity contribution is -0.278. The predicted octanol–water partition coefficient (Wildman–Crippen LogP) is 3.10. The summed E-state index contributed by atoms with van der Waals surface area (Å²) in [6.45, 7) is 5.34. The average Bonchev–Trinajstić information content (AvgIpc) is 3.10. The first-order valence-electron chi connectivity index (χ1n) is 16.4. The Morgan fingerprint density at radius 2 is 1.67 bits per heavy atom. The summed E-state index contributed by atoms with van der Waals surface area (Å²) in [5.74, 6) is 0.381. The second-order valence-corrected chi connectivity index (χ2v) is 13.1. The van der Waals surface area contributed by atoms with E-state index in [0.717, 1.165) is 5.56 Å². The number of alkyl carbamates (subject to hydrolysis) is 1. The first-order chi connectivity index (χ1) is 24.4. The van der Waals surface area contributed by atoms with Crippen LogP contribution >= 0.6 is 0 Å². The van der Waals surface area contributed by atoms with Gasteiger partial charge in [0.1, 0.15) is 73.5 Å². The Morgan fingerprint density at radius 3 is 2.41 bits per heavy atom. The minimum Gasteiger partial charge on any atom is -0.486 e. The number of ether oxygens (including phenoxy) is 6. The van der Waals surface area contributed by atoms with Crippen LogP contribution in [0.1, 0.15) is 26.3 Å². The van der Waals surface area contributed by atoms with Gasteiger partial charge in [0.15, 0.2) is 16.9 Å². The van der Waals surface area contributed by atoms with Gasteiger partial charge in [0, 0.05) is 12.5 Å². The molecule has 0 radical (unpaired) electrons. The molecule has 4 aromatic rings. The van der Waals surface area contributed by atoms with Gasteiger partial charge >= 0.3 is 12.1 Å². The number of fused-ring (bicyclic) bond motifs is 2. The summed E-state index contributed by atoms with van der Waals surface area (Å²) in [6, 6.07) is 17.3. The lowest BCUT2D eigenvalue weighted by atomic mass is 9.99. The molecule has 3 heterocycles. The molecule has 2 aliphatic heterocycles. The van der Waals surface area contributed by atoms with E-state index in [0.29, 0.717) is 35.8 Å². The molecule has 3 aromatic carbocycles. The van der Waals surface area contributed by atoms with Crippen molar-refractivity contribution in [2.75, 3.05) is 19.8 Å². The molecule has 14 nitrogen and oxygen atoms in total. The molecule has 0 bridgehead atoms. The Balaban J connectivity index is 1.13. The SMILES string of the molecule is CC(C)(C)OC(=O)N[C@H](Cc1ccccc1)C(=O)OCC1O[C@@H](Oc2ccc3c(=O)c(-c4ccc5c(c4)OCCO5)coc3c2)C(O)C(O)[C@H]1O. The summed E-state index contributed by atoms with van der Waals surface area (Å²) in [6.07, 6.45) is -7.38. The van der Waals surface area contributed by atoms with Crippen LogP contribution in [0.3, 0.4) is 0 Å². The van der Waals surface area contributed by atoms with E-state index in [-0.39, 0.29) is 28.6 Å². The summed E-state index contributed by atoms with van der Waals surface area (Å²) in [7, 11) is 0. The van der Waals surface area contributed by atoms with E-state index in [1.54, 1.807) is 63.2 Å². The molecule has 2 aliphatic rings. The maximum atomic E-state index is 13.4. The Labute approximate surface area is 292 Å². The number of rotatable bonds is 9. The van der Waals surface area contributed by atoms with Crippen molar-refractivity contribution in [2.45, 2.75) is 69.5 Å². The van der Waals surface area contributed by atoms with Gasteiger partial charge in [-0.05, 0) is 56.2 Å². The summed E-state index contributed by atoms with van der Waals surface area (Å²) >= 11 is 0. The first kappa shape index (κ1) is 35.7. The molecule has 0 aliphatic carbocycles. The van der Waals surface area contributed by atoms with E-state index in [4.69, 9.17) is 32.8 Å². The third-order valence-corrected chi connectivity index (χ3v) is 8.17. The van der Waals surface area contributed by atoms with Crippen molar-refractivity contribution in [3.05, 3.63) is 88.8 Å². The Morgan fingerprint density at radius 1 is 0.922 bits per heavy atom. The number of hydrogen-bond donors (Lipinski definition) is 4. The van der Waals surface area contributed by atoms with Gasteiger partial charge in [0.2, 0.25) is 6.29 Å². The molecule has 1 saturated heterocycles. The van der Waals surface area contributed by atoms with Crippen molar-refractivity contribution >= 4 is 23.0 Å². The number of carbonyl (C=O) groups excluding carboxylic acids is 2. The molecule has 14 heteroatoms. The highest BCUT2D eigenvalue weighted by Crippen LogP contribution is 2.34. The van der Waals surface area contributed by atoms with Crippen molar-refractivity contribution in [1.29, 1.82) is 0 Å².